The highest BCUT2D eigenvalue weighted by Gasteiger charge is 2.13. The van der Waals surface area contributed by atoms with Gasteiger partial charge >= 0.3 is 0 Å². The summed E-state index contributed by atoms with van der Waals surface area (Å²) in [6, 6.07) is 0. The molecule has 0 bridgehead atoms. The van der Waals surface area contributed by atoms with E-state index >= 15 is 0 Å². The van der Waals surface area contributed by atoms with Crippen LogP contribution >= 0.6 is 0 Å². The summed E-state index contributed by atoms with van der Waals surface area (Å²) in [5.41, 5.74) is 0. The van der Waals surface area contributed by atoms with Crippen molar-refractivity contribution in [3.63, 3.8) is 0 Å². The monoisotopic (exact) mass is 188 g/mol. The molecule has 0 radical (unpaired) electrons. The van der Waals surface area contributed by atoms with E-state index in [4.69, 9.17) is 0 Å². The Hall–Kier alpha value is 0.0200. The van der Waals surface area contributed by atoms with Crippen molar-refractivity contribution in [3.05, 3.63) is 0 Å². The van der Waals surface area contributed by atoms with Crippen molar-refractivity contribution in [2.75, 3.05) is 19.3 Å². The molecule has 10 heavy (non-hydrogen) atoms. The first-order chi connectivity index (χ1) is 4.52. The van der Waals surface area contributed by atoms with Crippen LogP contribution in [0.3, 0.4) is 0 Å². The molecule has 0 aromatic carbocycles. The van der Waals surface area contributed by atoms with Gasteiger partial charge < -0.3 is 0 Å². The van der Waals surface area contributed by atoms with Crippen LogP contribution < -0.4 is 0 Å². The topological polar surface area (TPSA) is 69.7 Å². The first kappa shape index (κ1) is 10.0. The van der Waals surface area contributed by atoms with Crippen molar-refractivity contribution in [2.45, 2.75) is 0 Å². The first-order valence-electron chi connectivity index (χ1n) is 2.23. The molecule has 0 rings (SSSR count). The Balaban J connectivity index is 4.03. The maximum Gasteiger partial charge on any atom is 0.281 e. The smallest absolute Gasteiger partial charge is 0.281 e. The molecule has 1 unspecified atom stereocenters. The van der Waals surface area contributed by atoms with Gasteiger partial charge in [0.05, 0.1) is 14.2 Å². The predicted molar refractivity (Wildman–Crippen MR) is 35.9 cm³/mol. The van der Waals surface area contributed by atoms with E-state index in [2.05, 4.69) is 8.37 Å². The highest BCUT2D eigenvalue weighted by atomic mass is 32.3. The summed E-state index contributed by atoms with van der Waals surface area (Å²) in [5, 5.41) is -0.625. The van der Waals surface area contributed by atoms with E-state index in [1.165, 1.54) is 0 Å². The van der Waals surface area contributed by atoms with Crippen LogP contribution in [0.25, 0.3) is 0 Å². The van der Waals surface area contributed by atoms with Crippen molar-refractivity contribution >= 4 is 21.2 Å². The molecule has 0 aliphatic rings. The molecule has 62 valence electrons. The van der Waals surface area contributed by atoms with Crippen LogP contribution in [0.1, 0.15) is 0 Å². The molecule has 1 atom stereocenters. The Morgan fingerprint density at radius 1 is 1.40 bits per heavy atom. The fourth-order valence-corrected chi connectivity index (χ4v) is 1.93. The van der Waals surface area contributed by atoms with Gasteiger partial charge in [-0.2, -0.15) is 8.42 Å². The molecule has 0 amide bonds. The van der Waals surface area contributed by atoms with Crippen molar-refractivity contribution in [1.82, 2.24) is 0 Å². The molecule has 0 aliphatic carbocycles. The van der Waals surface area contributed by atoms with E-state index in [0.717, 1.165) is 14.2 Å². The summed E-state index contributed by atoms with van der Waals surface area (Å²) >= 11 is -1.81. The van der Waals surface area contributed by atoms with Gasteiger partial charge in [-0.25, -0.2) is 4.21 Å². The third kappa shape index (κ3) is 3.94. The standard InChI is InChI=1S/C3H8O5S2/c1-7-9(4)3-10(5,6)8-2/h3H2,1-2H3. The normalized spacial score (nSPS) is 15.0. The number of hydrogen-bond donors (Lipinski definition) is 0. The summed E-state index contributed by atoms with van der Waals surface area (Å²) < 4.78 is 39.6. The summed E-state index contributed by atoms with van der Waals surface area (Å²) in [7, 11) is -1.50. The van der Waals surface area contributed by atoms with Crippen molar-refractivity contribution in [1.29, 1.82) is 0 Å². The molecule has 0 aromatic rings. The van der Waals surface area contributed by atoms with Crippen LogP contribution in [0.5, 0.6) is 0 Å². The van der Waals surface area contributed by atoms with Gasteiger partial charge in [-0.3, -0.25) is 8.37 Å². The molecule has 0 aromatic heterocycles. The van der Waals surface area contributed by atoms with Crippen LogP contribution in [-0.4, -0.2) is 31.9 Å². The van der Waals surface area contributed by atoms with Crippen molar-refractivity contribution in [2.24, 2.45) is 0 Å². The average molecular weight is 188 g/mol. The summed E-state index contributed by atoms with van der Waals surface area (Å²) in [4.78, 5) is 0. The summed E-state index contributed by atoms with van der Waals surface area (Å²) in [6.07, 6.45) is 0. The van der Waals surface area contributed by atoms with Crippen LogP contribution in [0.15, 0.2) is 0 Å². The minimum Gasteiger partial charge on any atom is -0.293 e. The maximum atomic E-state index is 10.5. The van der Waals surface area contributed by atoms with Gasteiger partial charge in [-0.15, -0.1) is 0 Å². The van der Waals surface area contributed by atoms with E-state index in [9.17, 15) is 12.6 Å². The minimum atomic E-state index is -3.66. The first-order valence-corrected chi connectivity index (χ1v) is 5.05. The van der Waals surface area contributed by atoms with Crippen LogP contribution in [-0.2, 0) is 29.6 Å². The molecular formula is C3H8O5S2. The van der Waals surface area contributed by atoms with Crippen LogP contribution in [0.4, 0.5) is 0 Å². The highest BCUT2D eigenvalue weighted by Crippen LogP contribution is 1.94. The molecule has 5 nitrogen and oxygen atoms in total. The second-order valence-electron chi connectivity index (χ2n) is 1.31. The minimum absolute atomic E-state index is 0.625. The van der Waals surface area contributed by atoms with Gasteiger partial charge in [0.2, 0.25) is 0 Å². The highest BCUT2D eigenvalue weighted by molar-refractivity contribution is 8.00. The molecule has 0 N–H and O–H groups in total. The molecular weight excluding hydrogens is 180 g/mol. The summed E-state index contributed by atoms with van der Waals surface area (Å²) in [5.74, 6) is 0. The quantitative estimate of drug-likeness (QED) is 0.542. The van der Waals surface area contributed by atoms with Gasteiger partial charge in [0.25, 0.3) is 10.1 Å². The second kappa shape index (κ2) is 4.02. The SMILES string of the molecule is COS(=O)CS(=O)(=O)OC. The predicted octanol–water partition coefficient (Wildman–Crippen LogP) is -0.770. The average Bonchev–Trinajstić information content (AvgIpc) is 1.87. The molecule has 0 saturated carbocycles. The Labute approximate surface area is 62.1 Å². The molecule has 0 fully saturated rings. The van der Waals surface area contributed by atoms with Crippen LogP contribution in [0, 0.1) is 0 Å². The Morgan fingerprint density at radius 2 is 1.90 bits per heavy atom. The van der Waals surface area contributed by atoms with Gasteiger partial charge in [0, 0.05) is 0 Å². The third-order valence-corrected chi connectivity index (χ3v) is 3.48. The molecule has 7 heteroatoms. The van der Waals surface area contributed by atoms with Gasteiger partial charge in [0.1, 0.15) is 0 Å². The Morgan fingerprint density at radius 3 is 2.20 bits per heavy atom. The van der Waals surface area contributed by atoms with E-state index in [0.29, 0.717) is 0 Å². The lowest BCUT2D eigenvalue weighted by molar-refractivity contribution is 0.398. The zero-order valence-corrected chi connectivity index (χ0v) is 7.20. The molecule has 0 heterocycles. The van der Waals surface area contributed by atoms with E-state index in [-0.39, 0.29) is 0 Å². The maximum absolute atomic E-state index is 10.5. The Kier molecular flexibility index (Phi) is 4.02. The molecule has 0 spiro atoms. The number of hydrogen-bond acceptors (Lipinski definition) is 5. The zero-order valence-electron chi connectivity index (χ0n) is 5.56. The van der Waals surface area contributed by atoms with E-state index in [1.807, 2.05) is 0 Å². The van der Waals surface area contributed by atoms with Crippen molar-refractivity contribution in [3.8, 4) is 0 Å². The zero-order chi connectivity index (χ0) is 8.20. The lowest BCUT2D eigenvalue weighted by Crippen LogP contribution is -2.13. The lowest BCUT2D eigenvalue weighted by Gasteiger charge is -1.97. The fourth-order valence-electron chi connectivity index (χ4n) is 0.214. The second-order valence-corrected chi connectivity index (χ2v) is 4.64. The van der Waals surface area contributed by atoms with Gasteiger partial charge in [-0.05, 0) is 0 Å². The van der Waals surface area contributed by atoms with Crippen LogP contribution in [0.2, 0.25) is 0 Å². The third-order valence-electron chi connectivity index (χ3n) is 0.680. The fraction of sp³-hybridized carbons (Fsp3) is 1.00. The van der Waals surface area contributed by atoms with Crippen molar-refractivity contribution < 1.29 is 21.0 Å². The van der Waals surface area contributed by atoms with E-state index in [1.54, 1.807) is 0 Å². The summed E-state index contributed by atoms with van der Waals surface area (Å²) in [6.45, 7) is 0. The largest absolute Gasteiger partial charge is 0.293 e. The lowest BCUT2D eigenvalue weighted by atomic mass is 11.8. The van der Waals surface area contributed by atoms with E-state index < -0.39 is 26.3 Å². The number of rotatable bonds is 4. The van der Waals surface area contributed by atoms with Gasteiger partial charge in [0.15, 0.2) is 16.2 Å². The van der Waals surface area contributed by atoms with Gasteiger partial charge in [-0.1, -0.05) is 0 Å². The Bertz CT molecular complexity index is 205. The molecule has 0 aliphatic heterocycles. The molecule has 0 saturated heterocycles.